The average Bonchev–Trinajstić information content (AvgIpc) is 2.84. The maximum Gasteiger partial charge on any atom is 0.162 e. The molecule has 2 fully saturated rings. The van der Waals surface area contributed by atoms with Crippen LogP contribution in [0.2, 0.25) is 0 Å². The molecule has 98 valence electrons. The highest BCUT2D eigenvalue weighted by Gasteiger charge is 2.31. The topological polar surface area (TPSA) is 26.3 Å². The first kappa shape index (κ1) is 13.1. The van der Waals surface area contributed by atoms with Gasteiger partial charge in [-0.05, 0) is 24.7 Å². The first-order valence-corrected chi connectivity index (χ1v) is 7.36. The summed E-state index contributed by atoms with van der Waals surface area (Å²) in [6, 6.07) is 0. The molecule has 0 aromatic rings. The van der Waals surface area contributed by atoms with Gasteiger partial charge in [0.1, 0.15) is 6.10 Å². The normalized spacial score (nSPS) is 25.0. The number of rotatable bonds is 5. The van der Waals surface area contributed by atoms with Crippen LogP contribution in [-0.2, 0) is 9.53 Å². The van der Waals surface area contributed by atoms with Gasteiger partial charge >= 0.3 is 0 Å². The van der Waals surface area contributed by atoms with E-state index in [4.69, 9.17) is 4.74 Å². The molecule has 2 rings (SSSR count). The molecule has 0 bridgehead atoms. The smallest absolute Gasteiger partial charge is 0.162 e. The standard InChI is InChI=1S/C15H26O2/c1-17-15(13-9-3-2-4-10-13)14(16)11-12-7-5-6-8-12/h12-13,15H,2-11H2,1H3. The average molecular weight is 238 g/mol. The molecule has 2 aliphatic carbocycles. The summed E-state index contributed by atoms with van der Waals surface area (Å²) in [5.41, 5.74) is 0. The van der Waals surface area contributed by atoms with Crippen LogP contribution in [0.3, 0.4) is 0 Å². The number of ketones is 1. The Morgan fingerprint density at radius 1 is 1.06 bits per heavy atom. The molecule has 2 saturated carbocycles. The minimum atomic E-state index is -0.101. The largest absolute Gasteiger partial charge is 0.373 e. The molecule has 0 aromatic heterocycles. The first-order chi connectivity index (χ1) is 8.31. The van der Waals surface area contributed by atoms with E-state index in [1.807, 2.05) is 0 Å². The number of carbonyl (C=O) groups excluding carboxylic acids is 1. The van der Waals surface area contributed by atoms with Gasteiger partial charge in [0.15, 0.2) is 5.78 Å². The Morgan fingerprint density at radius 2 is 1.65 bits per heavy atom. The van der Waals surface area contributed by atoms with Crippen LogP contribution in [-0.4, -0.2) is 19.0 Å². The van der Waals surface area contributed by atoms with E-state index in [0.29, 0.717) is 17.6 Å². The van der Waals surface area contributed by atoms with E-state index in [-0.39, 0.29) is 6.10 Å². The van der Waals surface area contributed by atoms with E-state index in [1.165, 1.54) is 57.8 Å². The van der Waals surface area contributed by atoms with Gasteiger partial charge in [0.05, 0.1) is 0 Å². The Morgan fingerprint density at radius 3 is 2.24 bits per heavy atom. The number of hydrogen-bond acceptors (Lipinski definition) is 2. The molecule has 0 heterocycles. The van der Waals surface area contributed by atoms with E-state index in [1.54, 1.807) is 7.11 Å². The second kappa shape index (κ2) is 6.53. The van der Waals surface area contributed by atoms with Crippen molar-refractivity contribution in [1.29, 1.82) is 0 Å². The summed E-state index contributed by atoms with van der Waals surface area (Å²) in [4.78, 5) is 12.3. The summed E-state index contributed by atoms with van der Waals surface area (Å²) < 4.78 is 5.51. The Hall–Kier alpha value is -0.370. The second-order valence-electron chi connectivity index (χ2n) is 5.88. The predicted octanol–water partition coefficient (Wildman–Crippen LogP) is 3.73. The zero-order valence-electron chi connectivity index (χ0n) is 11.1. The van der Waals surface area contributed by atoms with Gasteiger partial charge in [-0.2, -0.15) is 0 Å². The third-order valence-corrected chi connectivity index (χ3v) is 4.61. The lowest BCUT2D eigenvalue weighted by Gasteiger charge is -2.28. The van der Waals surface area contributed by atoms with Gasteiger partial charge < -0.3 is 4.74 Å². The van der Waals surface area contributed by atoms with Crippen LogP contribution in [0.15, 0.2) is 0 Å². The lowest BCUT2D eigenvalue weighted by Crippen LogP contribution is -2.33. The predicted molar refractivity (Wildman–Crippen MR) is 69.0 cm³/mol. The number of carbonyl (C=O) groups is 1. The van der Waals surface area contributed by atoms with Crippen molar-refractivity contribution in [2.45, 2.75) is 70.3 Å². The van der Waals surface area contributed by atoms with E-state index in [9.17, 15) is 4.79 Å². The van der Waals surface area contributed by atoms with Gasteiger partial charge in [-0.1, -0.05) is 44.9 Å². The van der Waals surface area contributed by atoms with E-state index >= 15 is 0 Å². The molecule has 0 saturated heterocycles. The molecule has 2 heteroatoms. The van der Waals surface area contributed by atoms with Crippen LogP contribution < -0.4 is 0 Å². The number of methoxy groups -OCH3 is 1. The number of ether oxygens (including phenoxy) is 1. The van der Waals surface area contributed by atoms with Gasteiger partial charge in [-0.25, -0.2) is 0 Å². The molecule has 0 N–H and O–H groups in total. The van der Waals surface area contributed by atoms with Gasteiger partial charge in [0.2, 0.25) is 0 Å². The highest BCUT2D eigenvalue weighted by molar-refractivity contribution is 5.83. The maximum atomic E-state index is 12.3. The minimum absolute atomic E-state index is 0.101. The summed E-state index contributed by atoms with van der Waals surface area (Å²) in [5.74, 6) is 1.54. The van der Waals surface area contributed by atoms with Crippen molar-refractivity contribution in [3.63, 3.8) is 0 Å². The van der Waals surface area contributed by atoms with E-state index < -0.39 is 0 Å². The molecule has 0 spiro atoms. The zero-order valence-corrected chi connectivity index (χ0v) is 11.1. The third kappa shape index (κ3) is 3.54. The van der Waals surface area contributed by atoms with E-state index in [2.05, 4.69) is 0 Å². The quantitative estimate of drug-likeness (QED) is 0.729. The summed E-state index contributed by atoms with van der Waals surface area (Å²) in [7, 11) is 1.71. The molecule has 0 radical (unpaired) electrons. The van der Waals surface area contributed by atoms with Crippen molar-refractivity contribution < 1.29 is 9.53 Å². The van der Waals surface area contributed by atoms with Crippen LogP contribution in [0.1, 0.15) is 64.2 Å². The first-order valence-electron chi connectivity index (χ1n) is 7.36. The molecule has 1 unspecified atom stereocenters. The van der Waals surface area contributed by atoms with Crippen LogP contribution in [0.4, 0.5) is 0 Å². The van der Waals surface area contributed by atoms with Crippen LogP contribution >= 0.6 is 0 Å². The summed E-state index contributed by atoms with van der Waals surface area (Å²) in [6.07, 6.45) is 12.1. The molecule has 0 amide bonds. The molecule has 0 aliphatic heterocycles. The monoisotopic (exact) mass is 238 g/mol. The van der Waals surface area contributed by atoms with Gasteiger partial charge in [0.25, 0.3) is 0 Å². The molecule has 2 nitrogen and oxygen atoms in total. The van der Waals surface area contributed by atoms with Gasteiger partial charge in [0, 0.05) is 13.5 Å². The molecule has 17 heavy (non-hydrogen) atoms. The SMILES string of the molecule is COC(C(=O)CC1CCCC1)C1CCCCC1. The number of Topliss-reactive ketones (excluding diaryl/α,β-unsaturated/α-hetero) is 1. The molecular formula is C15H26O2. The second-order valence-corrected chi connectivity index (χ2v) is 5.88. The summed E-state index contributed by atoms with van der Waals surface area (Å²) in [5, 5.41) is 0. The van der Waals surface area contributed by atoms with Crippen LogP contribution in [0.25, 0.3) is 0 Å². The minimum Gasteiger partial charge on any atom is -0.373 e. The fraction of sp³-hybridized carbons (Fsp3) is 0.933. The van der Waals surface area contributed by atoms with Crippen molar-refractivity contribution in [2.24, 2.45) is 11.8 Å². The van der Waals surface area contributed by atoms with Crippen molar-refractivity contribution >= 4 is 5.78 Å². The molecule has 0 aromatic carbocycles. The lowest BCUT2D eigenvalue weighted by atomic mass is 9.82. The van der Waals surface area contributed by atoms with Crippen molar-refractivity contribution in [1.82, 2.24) is 0 Å². The van der Waals surface area contributed by atoms with Crippen molar-refractivity contribution in [3.8, 4) is 0 Å². The highest BCUT2D eigenvalue weighted by atomic mass is 16.5. The Labute approximate surface area is 105 Å². The number of hydrogen-bond donors (Lipinski definition) is 0. The summed E-state index contributed by atoms with van der Waals surface area (Å²) >= 11 is 0. The third-order valence-electron chi connectivity index (χ3n) is 4.61. The fourth-order valence-corrected chi connectivity index (χ4v) is 3.64. The highest BCUT2D eigenvalue weighted by Crippen LogP contribution is 2.32. The summed E-state index contributed by atoms with van der Waals surface area (Å²) in [6.45, 7) is 0. The lowest BCUT2D eigenvalue weighted by molar-refractivity contribution is -0.133. The zero-order chi connectivity index (χ0) is 12.1. The van der Waals surface area contributed by atoms with E-state index in [0.717, 1.165) is 6.42 Å². The maximum absolute atomic E-state index is 12.3. The molecular weight excluding hydrogens is 212 g/mol. The Bertz CT molecular complexity index is 237. The molecule has 1 atom stereocenters. The van der Waals surface area contributed by atoms with Gasteiger partial charge in [-0.3, -0.25) is 4.79 Å². The van der Waals surface area contributed by atoms with Crippen molar-refractivity contribution in [2.75, 3.05) is 7.11 Å². The molecule has 2 aliphatic rings. The van der Waals surface area contributed by atoms with Crippen LogP contribution in [0, 0.1) is 11.8 Å². The van der Waals surface area contributed by atoms with Crippen molar-refractivity contribution in [3.05, 3.63) is 0 Å². The fourth-order valence-electron chi connectivity index (χ4n) is 3.64. The Kier molecular flexibility index (Phi) is 5.02. The van der Waals surface area contributed by atoms with Gasteiger partial charge in [-0.15, -0.1) is 0 Å². The van der Waals surface area contributed by atoms with Crippen LogP contribution in [0.5, 0.6) is 0 Å². The Balaban J connectivity index is 1.84.